The number of thiophene rings is 1. The second kappa shape index (κ2) is 6.71. The number of rotatable bonds is 6. The van der Waals surface area contributed by atoms with E-state index in [4.69, 9.17) is 0 Å². The summed E-state index contributed by atoms with van der Waals surface area (Å²) in [5.74, 6) is 0. The van der Waals surface area contributed by atoms with E-state index in [9.17, 15) is 8.42 Å². The molecule has 1 aromatic carbocycles. The van der Waals surface area contributed by atoms with Crippen molar-refractivity contribution in [3.05, 3.63) is 45.7 Å². The molecule has 2 aromatic rings. The van der Waals surface area contributed by atoms with Crippen molar-refractivity contribution in [3.63, 3.8) is 0 Å². The highest BCUT2D eigenvalue weighted by Gasteiger charge is 2.16. The number of hydrogen-bond acceptors (Lipinski definition) is 4. The first kappa shape index (κ1) is 15.5. The van der Waals surface area contributed by atoms with Crippen molar-refractivity contribution in [2.75, 3.05) is 11.3 Å². The summed E-state index contributed by atoms with van der Waals surface area (Å²) < 4.78 is 28.3. The van der Waals surface area contributed by atoms with Crippen molar-refractivity contribution >= 4 is 43.0 Å². The Bertz CT molecular complexity index is 666. The van der Waals surface area contributed by atoms with Gasteiger partial charge in [0.2, 0.25) is 0 Å². The molecule has 0 fully saturated rings. The van der Waals surface area contributed by atoms with Crippen LogP contribution in [0.2, 0.25) is 0 Å². The highest BCUT2D eigenvalue weighted by atomic mass is 79.9. The van der Waals surface area contributed by atoms with Crippen LogP contribution in [0.5, 0.6) is 0 Å². The van der Waals surface area contributed by atoms with E-state index in [-0.39, 0.29) is 0 Å². The van der Waals surface area contributed by atoms with Gasteiger partial charge in [0.05, 0.1) is 0 Å². The molecule has 0 spiro atoms. The Hall–Kier alpha value is -0.890. The van der Waals surface area contributed by atoms with Gasteiger partial charge >= 0.3 is 0 Å². The van der Waals surface area contributed by atoms with Crippen LogP contribution in [-0.4, -0.2) is 15.0 Å². The standard InChI is InChI=1S/C13H15BrN2O2S2/c1-2-15-9-12-7-8-13(19-12)20(17,18)16-11-5-3-10(14)4-6-11/h3-8,15-16H,2,9H2,1H3. The quantitative estimate of drug-likeness (QED) is 0.814. The second-order valence-electron chi connectivity index (χ2n) is 4.11. The minimum absolute atomic E-state index is 0.327. The largest absolute Gasteiger partial charge is 0.312 e. The van der Waals surface area contributed by atoms with Crippen molar-refractivity contribution in [3.8, 4) is 0 Å². The molecule has 0 saturated heterocycles. The second-order valence-corrected chi connectivity index (χ2v) is 8.11. The number of anilines is 1. The minimum Gasteiger partial charge on any atom is -0.312 e. The summed E-state index contributed by atoms with van der Waals surface area (Å²) in [5, 5.41) is 3.18. The lowest BCUT2D eigenvalue weighted by atomic mass is 10.3. The maximum Gasteiger partial charge on any atom is 0.271 e. The first-order chi connectivity index (χ1) is 9.51. The number of nitrogens with one attached hydrogen (secondary N) is 2. The molecule has 20 heavy (non-hydrogen) atoms. The Labute approximate surface area is 131 Å². The van der Waals surface area contributed by atoms with Gasteiger partial charge in [0.25, 0.3) is 10.0 Å². The molecule has 1 aromatic heterocycles. The lowest BCUT2D eigenvalue weighted by molar-refractivity contribution is 0.603. The summed E-state index contributed by atoms with van der Waals surface area (Å²) >= 11 is 4.60. The fourth-order valence-corrected chi connectivity index (χ4v) is 4.22. The van der Waals surface area contributed by atoms with Crippen LogP contribution in [0.4, 0.5) is 5.69 Å². The summed E-state index contributed by atoms with van der Waals surface area (Å²) in [7, 11) is -3.50. The lowest BCUT2D eigenvalue weighted by Crippen LogP contribution is -2.11. The van der Waals surface area contributed by atoms with E-state index in [1.807, 2.05) is 13.0 Å². The van der Waals surface area contributed by atoms with E-state index in [0.717, 1.165) is 15.9 Å². The molecule has 0 amide bonds. The molecule has 0 saturated carbocycles. The lowest BCUT2D eigenvalue weighted by Gasteiger charge is -2.06. The molecule has 108 valence electrons. The van der Waals surface area contributed by atoms with Gasteiger partial charge in [-0.3, -0.25) is 4.72 Å². The maximum absolute atomic E-state index is 12.2. The smallest absolute Gasteiger partial charge is 0.271 e. The molecule has 0 aliphatic rings. The molecular weight excluding hydrogens is 360 g/mol. The molecule has 2 rings (SSSR count). The summed E-state index contributed by atoms with van der Waals surface area (Å²) in [6.07, 6.45) is 0. The molecule has 1 heterocycles. The average molecular weight is 375 g/mol. The monoisotopic (exact) mass is 374 g/mol. The zero-order valence-electron chi connectivity index (χ0n) is 10.9. The molecule has 0 radical (unpaired) electrons. The Morgan fingerprint density at radius 2 is 1.85 bits per heavy atom. The van der Waals surface area contributed by atoms with E-state index in [1.54, 1.807) is 30.3 Å². The Balaban J connectivity index is 2.13. The third-order valence-corrected chi connectivity index (χ3v) is 6.03. The van der Waals surface area contributed by atoms with Gasteiger partial charge < -0.3 is 5.32 Å². The van der Waals surface area contributed by atoms with Gasteiger partial charge in [0.15, 0.2) is 0 Å². The Morgan fingerprint density at radius 3 is 2.50 bits per heavy atom. The number of halogens is 1. The van der Waals surface area contributed by atoms with Crippen LogP contribution in [0.1, 0.15) is 11.8 Å². The zero-order valence-corrected chi connectivity index (χ0v) is 14.1. The third kappa shape index (κ3) is 4.05. The molecule has 0 atom stereocenters. The van der Waals surface area contributed by atoms with E-state index < -0.39 is 10.0 Å². The van der Waals surface area contributed by atoms with Crippen LogP contribution in [0.15, 0.2) is 45.1 Å². The Kier molecular flexibility index (Phi) is 5.20. The van der Waals surface area contributed by atoms with Crippen molar-refractivity contribution in [2.24, 2.45) is 0 Å². The first-order valence-electron chi connectivity index (χ1n) is 6.09. The number of benzene rings is 1. The summed E-state index contributed by atoms with van der Waals surface area (Å²) in [5.41, 5.74) is 0.551. The van der Waals surface area contributed by atoms with E-state index in [1.165, 1.54) is 11.3 Å². The van der Waals surface area contributed by atoms with Crippen LogP contribution in [0.3, 0.4) is 0 Å². The molecule has 0 aliphatic carbocycles. The van der Waals surface area contributed by atoms with Gasteiger partial charge in [-0.05, 0) is 42.9 Å². The first-order valence-corrected chi connectivity index (χ1v) is 9.18. The van der Waals surface area contributed by atoms with E-state index in [2.05, 4.69) is 26.0 Å². The van der Waals surface area contributed by atoms with Crippen LogP contribution in [-0.2, 0) is 16.6 Å². The van der Waals surface area contributed by atoms with Gasteiger partial charge in [-0.1, -0.05) is 22.9 Å². The van der Waals surface area contributed by atoms with Gasteiger partial charge in [-0.25, -0.2) is 8.42 Å². The van der Waals surface area contributed by atoms with Crippen LogP contribution >= 0.6 is 27.3 Å². The molecule has 2 N–H and O–H groups in total. The SMILES string of the molecule is CCNCc1ccc(S(=O)(=O)Nc2ccc(Br)cc2)s1. The van der Waals surface area contributed by atoms with Gasteiger partial charge in [-0.2, -0.15) is 0 Å². The summed E-state index contributed by atoms with van der Waals surface area (Å²) in [4.78, 5) is 1.00. The molecule has 7 heteroatoms. The van der Waals surface area contributed by atoms with Crippen molar-refractivity contribution < 1.29 is 8.42 Å². The number of sulfonamides is 1. The molecule has 4 nitrogen and oxygen atoms in total. The van der Waals surface area contributed by atoms with Gasteiger partial charge in [0, 0.05) is 21.6 Å². The maximum atomic E-state index is 12.2. The summed E-state index contributed by atoms with van der Waals surface area (Å²) in [6.45, 7) is 3.56. The highest BCUT2D eigenvalue weighted by molar-refractivity contribution is 9.10. The zero-order chi connectivity index (χ0) is 14.6. The van der Waals surface area contributed by atoms with E-state index >= 15 is 0 Å². The van der Waals surface area contributed by atoms with Crippen LogP contribution in [0, 0.1) is 0 Å². The molecule has 0 bridgehead atoms. The van der Waals surface area contributed by atoms with Crippen molar-refractivity contribution in [1.29, 1.82) is 0 Å². The topological polar surface area (TPSA) is 58.2 Å². The highest BCUT2D eigenvalue weighted by Crippen LogP contribution is 2.24. The molecular formula is C13H15BrN2O2S2. The fourth-order valence-electron chi connectivity index (χ4n) is 1.57. The number of hydrogen-bond donors (Lipinski definition) is 2. The van der Waals surface area contributed by atoms with Crippen LogP contribution < -0.4 is 10.0 Å². The van der Waals surface area contributed by atoms with Crippen molar-refractivity contribution in [2.45, 2.75) is 17.7 Å². The minimum atomic E-state index is -3.50. The Morgan fingerprint density at radius 1 is 1.15 bits per heavy atom. The van der Waals surface area contributed by atoms with Crippen molar-refractivity contribution in [1.82, 2.24) is 5.32 Å². The fraction of sp³-hybridized carbons (Fsp3) is 0.231. The average Bonchev–Trinajstić information content (AvgIpc) is 2.88. The normalized spacial score (nSPS) is 11.5. The van der Waals surface area contributed by atoms with Gasteiger partial charge in [-0.15, -0.1) is 11.3 Å². The van der Waals surface area contributed by atoms with Gasteiger partial charge in [0.1, 0.15) is 4.21 Å². The predicted molar refractivity (Wildman–Crippen MR) is 86.7 cm³/mol. The molecule has 0 aliphatic heterocycles. The molecule has 0 unspecified atom stereocenters. The third-order valence-electron chi connectivity index (χ3n) is 2.55. The van der Waals surface area contributed by atoms with E-state index in [0.29, 0.717) is 16.4 Å². The predicted octanol–water partition coefficient (Wildman–Crippen LogP) is 3.42. The summed E-state index contributed by atoms with van der Waals surface area (Å²) in [6, 6.07) is 10.5. The van der Waals surface area contributed by atoms with Crippen LogP contribution in [0.25, 0.3) is 0 Å².